The van der Waals surface area contributed by atoms with Crippen molar-refractivity contribution >= 4 is 0 Å². The standard InChI is InChI=1S/C20H33/c1-4-7-10-13-19-15-18(12-9-6-3)16-20(17-19)14-11-8-5-2/h15-17H,3-14H2,1-2H3. The predicted octanol–water partition coefficient (Wildman–Crippen LogP) is 6.31. The monoisotopic (exact) mass is 273 g/mol. The first kappa shape index (κ1) is 17.3. The summed E-state index contributed by atoms with van der Waals surface area (Å²) in [7, 11) is 0. The molecule has 0 aliphatic rings. The molecular formula is C20H33. The molecule has 0 saturated carbocycles. The van der Waals surface area contributed by atoms with Crippen LogP contribution in [0.1, 0.15) is 81.9 Å². The molecule has 0 saturated heterocycles. The normalized spacial score (nSPS) is 10.9. The fraction of sp³-hybridized carbons (Fsp3) is 0.650. The maximum atomic E-state index is 3.97. The van der Waals surface area contributed by atoms with Gasteiger partial charge in [0.25, 0.3) is 0 Å². The first-order valence-electron chi connectivity index (χ1n) is 8.71. The third-order valence-electron chi connectivity index (χ3n) is 3.97. The van der Waals surface area contributed by atoms with Gasteiger partial charge < -0.3 is 0 Å². The largest absolute Gasteiger partial charge is 0.0654 e. The van der Waals surface area contributed by atoms with E-state index < -0.39 is 0 Å². The van der Waals surface area contributed by atoms with Gasteiger partial charge in [0, 0.05) is 0 Å². The Labute approximate surface area is 127 Å². The second-order valence-corrected chi connectivity index (χ2v) is 6.03. The Morgan fingerprint density at radius 1 is 0.650 bits per heavy atom. The Morgan fingerprint density at radius 2 is 1.05 bits per heavy atom. The molecule has 0 nitrogen and oxygen atoms in total. The molecule has 20 heavy (non-hydrogen) atoms. The topological polar surface area (TPSA) is 0 Å². The molecule has 0 aliphatic carbocycles. The van der Waals surface area contributed by atoms with Crippen LogP contribution in [0.2, 0.25) is 0 Å². The van der Waals surface area contributed by atoms with Crippen molar-refractivity contribution in [1.82, 2.24) is 0 Å². The Bertz CT molecular complexity index is 323. The number of hydrogen-bond donors (Lipinski definition) is 0. The zero-order valence-electron chi connectivity index (χ0n) is 13.7. The van der Waals surface area contributed by atoms with E-state index in [-0.39, 0.29) is 0 Å². The molecular weight excluding hydrogens is 240 g/mol. The number of benzene rings is 1. The Kier molecular flexibility index (Phi) is 9.45. The summed E-state index contributed by atoms with van der Waals surface area (Å²) in [6.07, 6.45) is 14.0. The molecule has 0 aliphatic heterocycles. The van der Waals surface area contributed by atoms with Gasteiger partial charge in [-0.05, 0) is 55.2 Å². The van der Waals surface area contributed by atoms with Crippen LogP contribution < -0.4 is 0 Å². The quantitative estimate of drug-likeness (QED) is 0.414. The Hall–Kier alpha value is -0.780. The van der Waals surface area contributed by atoms with Crippen LogP contribution in [0.3, 0.4) is 0 Å². The van der Waals surface area contributed by atoms with Gasteiger partial charge in [-0.1, -0.05) is 71.1 Å². The van der Waals surface area contributed by atoms with Crippen LogP contribution in [0.15, 0.2) is 18.2 Å². The van der Waals surface area contributed by atoms with Crippen molar-refractivity contribution in [3.63, 3.8) is 0 Å². The van der Waals surface area contributed by atoms with Crippen LogP contribution >= 0.6 is 0 Å². The molecule has 0 amide bonds. The van der Waals surface area contributed by atoms with Crippen molar-refractivity contribution in [2.45, 2.75) is 84.5 Å². The van der Waals surface area contributed by atoms with Crippen LogP contribution in [-0.2, 0) is 19.3 Å². The Balaban J connectivity index is 2.67. The first-order valence-corrected chi connectivity index (χ1v) is 8.71. The van der Waals surface area contributed by atoms with Crippen molar-refractivity contribution in [3.8, 4) is 0 Å². The third-order valence-corrected chi connectivity index (χ3v) is 3.97. The van der Waals surface area contributed by atoms with Crippen molar-refractivity contribution in [2.75, 3.05) is 0 Å². The summed E-state index contributed by atoms with van der Waals surface area (Å²) in [5.41, 5.74) is 4.66. The summed E-state index contributed by atoms with van der Waals surface area (Å²) in [4.78, 5) is 0. The lowest BCUT2D eigenvalue weighted by Crippen LogP contribution is -1.95. The maximum Gasteiger partial charge on any atom is -0.0279 e. The van der Waals surface area contributed by atoms with Gasteiger partial charge >= 0.3 is 0 Å². The molecule has 0 aromatic heterocycles. The molecule has 113 valence electrons. The Morgan fingerprint density at radius 3 is 1.40 bits per heavy atom. The van der Waals surface area contributed by atoms with Crippen LogP contribution in [-0.4, -0.2) is 0 Å². The van der Waals surface area contributed by atoms with Crippen LogP contribution in [0.4, 0.5) is 0 Å². The van der Waals surface area contributed by atoms with Crippen LogP contribution in [0.25, 0.3) is 0 Å². The number of hydrogen-bond acceptors (Lipinski definition) is 0. The minimum absolute atomic E-state index is 1.05. The van der Waals surface area contributed by atoms with Gasteiger partial charge in [0.05, 0.1) is 0 Å². The lowest BCUT2D eigenvalue weighted by molar-refractivity contribution is 0.706. The zero-order chi connectivity index (χ0) is 14.6. The molecule has 0 fully saturated rings. The van der Waals surface area contributed by atoms with Crippen molar-refractivity contribution < 1.29 is 0 Å². The third kappa shape index (κ3) is 7.12. The van der Waals surface area contributed by atoms with E-state index >= 15 is 0 Å². The van der Waals surface area contributed by atoms with Crippen molar-refractivity contribution in [1.29, 1.82) is 0 Å². The summed E-state index contributed by atoms with van der Waals surface area (Å²) < 4.78 is 0. The first-order chi connectivity index (χ1) is 9.80. The van der Waals surface area contributed by atoms with Gasteiger partial charge in [-0.25, -0.2) is 0 Å². The van der Waals surface area contributed by atoms with Crippen molar-refractivity contribution in [3.05, 3.63) is 41.8 Å². The molecule has 0 spiro atoms. The van der Waals surface area contributed by atoms with E-state index in [0.717, 1.165) is 6.42 Å². The van der Waals surface area contributed by atoms with Gasteiger partial charge in [-0.2, -0.15) is 0 Å². The van der Waals surface area contributed by atoms with Crippen LogP contribution in [0, 0.1) is 6.92 Å². The molecule has 0 heteroatoms. The minimum atomic E-state index is 1.05. The highest BCUT2D eigenvalue weighted by atomic mass is 14.1. The van der Waals surface area contributed by atoms with E-state index in [4.69, 9.17) is 0 Å². The summed E-state index contributed by atoms with van der Waals surface area (Å²) in [6, 6.07) is 7.34. The van der Waals surface area contributed by atoms with Crippen LogP contribution in [0.5, 0.6) is 0 Å². The summed E-state index contributed by atoms with van der Waals surface area (Å²) >= 11 is 0. The molecule has 0 N–H and O–H groups in total. The van der Waals surface area contributed by atoms with Gasteiger partial charge in [0.1, 0.15) is 0 Å². The summed E-state index contributed by atoms with van der Waals surface area (Å²) in [6.45, 7) is 8.52. The van der Waals surface area contributed by atoms with E-state index in [1.54, 1.807) is 11.1 Å². The van der Waals surface area contributed by atoms with Gasteiger partial charge in [0.15, 0.2) is 0 Å². The van der Waals surface area contributed by atoms with Crippen molar-refractivity contribution in [2.24, 2.45) is 0 Å². The highest BCUT2D eigenvalue weighted by Crippen LogP contribution is 2.17. The number of rotatable bonds is 11. The molecule has 1 aromatic rings. The van der Waals surface area contributed by atoms with E-state index in [0.29, 0.717) is 0 Å². The highest BCUT2D eigenvalue weighted by Gasteiger charge is 2.02. The van der Waals surface area contributed by atoms with E-state index in [2.05, 4.69) is 39.0 Å². The summed E-state index contributed by atoms with van der Waals surface area (Å²) in [5.74, 6) is 0. The highest BCUT2D eigenvalue weighted by molar-refractivity contribution is 5.30. The average Bonchev–Trinajstić information content (AvgIpc) is 2.46. The molecule has 0 unspecified atom stereocenters. The molecule has 1 radical (unpaired) electrons. The smallest absolute Gasteiger partial charge is 0.0279 e. The summed E-state index contributed by atoms with van der Waals surface area (Å²) in [5, 5.41) is 0. The fourth-order valence-electron chi connectivity index (χ4n) is 2.76. The maximum absolute atomic E-state index is 3.97. The van der Waals surface area contributed by atoms with E-state index in [9.17, 15) is 0 Å². The second-order valence-electron chi connectivity index (χ2n) is 6.03. The van der Waals surface area contributed by atoms with Gasteiger partial charge in [0.2, 0.25) is 0 Å². The minimum Gasteiger partial charge on any atom is -0.0654 e. The van der Waals surface area contributed by atoms with Gasteiger partial charge in [-0.3, -0.25) is 0 Å². The molecule has 0 atom stereocenters. The molecule has 1 rings (SSSR count). The average molecular weight is 273 g/mol. The van der Waals surface area contributed by atoms with E-state index in [1.807, 2.05) is 0 Å². The lowest BCUT2D eigenvalue weighted by Gasteiger charge is -2.10. The zero-order valence-corrected chi connectivity index (χ0v) is 13.7. The molecule has 0 heterocycles. The molecule has 1 aromatic carbocycles. The van der Waals surface area contributed by atoms with E-state index in [1.165, 1.54) is 69.8 Å². The lowest BCUT2D eigenvalue weighted by atomic mass is 9.96. The SMILES string of the molecule is [CH2]CCCc1cc(CCCCC)cc(CCCCC)c1. The predicted molar refractivity (Wildman–Crippen MR) is 91.2 cm³/mol. The second kappa shape index (κ2) is 10.9. The number of aryl methyl sites for hydroxylation is 3. The fourth-order valence-corrected chi connectivity index (χ4v) is 2.76. The molecule has 0 bridgehead atoms. The van der Waals surface area contributed by atoms with Gasteiger partial charge in [-0.15, -0.1) is 0 Å². The number of unbranched alkanes of at least 4 members (excludes halogenated alkanes) is 5.